The highest BCUT2D eigenvalue weighted by Crippen LogP contribution is 2.06. The number of hydrogen-bond acceptors (Lipinski definition) is 4. The van der Waals surface area contributed by atoms with Gasteiger partial charge in [0, 0.05) is 0 Å². The van der Waals surface area contributed by atoms with Gasteiger partial charge in [-0.15, -0.1) is 0 Å². The minimum Gasteiger partial charge on any atom is -0.480 e. The van der Waals surface area contributed by atoms with Crippen molar-refractivity contribution < 1.29 is 19.4 Å². The highest BCUT2D eigenvalue weighted by Gasteiger charge is 2.19. The quantitative estimate of drug-likeness (QED) is 0.468. The van der Waals surface area contributed by atoms with E-state index in [0.717, 1.165) is 5.56 Å². The van der Waals surface area contributed by atoms with Crippen LogP contribution in [-0.4, -0.2) is 36.2 Å². The largest absolute Gasteiger partial charge is 0.480 e. The molecule has 0 spiro atoms. The molecule has 0 saturated heterocycles. The van der Waals surface area contributed by atoms with Gasteiger partial charge in [0.1, 0.15) is 6.04 Å². The van der Waals surface area contributed by atoms with Crippen molar-refractivity contribution in [3.8, 4) is 0 Å². The van der Waals surface area contributed by atoms with Gasteiger partial charge in [-0.05, 0) is 25.3 Å². The normalized spacial score (nSPS) is 11.2. The van der Waals surface area contributed by atoms with Crippen LogP contribution in [0.4, 0.5) is 0 Å². The number of aryl methyl sites for hydroxylation is 1. The summed E-state index contributed by atoms with van der Waals surface area (Å²) in [4.78, 5) is 22.2. The summed E-state index contributed by atoms with van der Waals surface area (Å²) < 4.78 is 4.93. The lowest BCUT2D eigenvalue weighted by Crippen LogP contribution is -2.41. The summed E-state index contributed by atoms with van der Waals surface area (Å²) in [6.07, 6.45) is 6.74. The van der Waals surface area contributed by atoms with E-state index in [-0.39, 0.29) is 13.2 Å². The molecule has 0 saturated carbocycles. The Kier molecular flexibility index (Phi) is 14.5. The van der Waals surface area contributed by atoms with Crippen LogP contribution in [0.5, 0.6) is 0 Å². The first kappa shape index (κ1) is 23.1. The van der Waals surface area contributed by atoms with E-state index in [4.69, 9.17) is 9.84 Å². The molecule has 0 bridgehead atoms. The molecule has 25 heavy (non-hydrogen) atoms. The van der Waals surface area contributed by atoms with Crippen molar-refractivity contribution >= 4 is 11.9 Å². The average Bonchev–Trinajstić information content (AvgIpc) is 2.61. The van der Waals surface area contributed by atoms with E-state index >= 15 is 0 Å². The fraction of sp³-hybridized carbons (Fsp3) is 0.600. The monoisotopic (exact) mass is 351 g/mol. The molecule has 5 nitrogen and oxygen atoms in total. The first-order chi connectivity index (χ1) is 12.0. The zero-order valence-electron chi connectivity index (χ0n) is 15.8. The summed E-state index contributed by atoms with van der Waals surface area (Å²) in [5.74, 6) is -1.39. The maximum Gasteiger partial charge on any atom is 0.323 e. The Hall–Kier alpha value is -1.88. The first-order valence-electron chi connectivity index (χ1n) is 9.20. The van der Waals surface area contributed by atoms with Crippen molar-refractivity contribution in [2.24, 2.45) is 0 Å². The van der Waals surface area contributed by atoms with Crippen molar-refractivity contribution in [1.82, 2.24) is 5.32 Å². The molecule has 0 aliphatic rings. The molecule has 1 aromatic rings. The van der Waals surface area contributed by atoms with Gasteiger partial charge in [-0.1, -0.05) is 69.9 Å². The maximum atomic E-state index is 11.7. The van der Waals surface area contributed by atoms with Crippen molar-refractivity contribution in [2.45, 2.75) is 65.3 Å². The topological polar surface area (TPSA) is 75.6 Å². The SMILES string of the molecule is CCCCCC.CCOC(=O)[C@H](CCc1ccccc1)NCC(=O)O. The number of benzene rings is 1. The number of carboxylic acids is 1. The third-order valence-corrected chi connectivity index (χ3v) is 3.59. The van der Waals surface area contributed by atoms with Crippen LogP contribution in [0.2, 0.25) is 0 Å². The van der Waals surface area contributed by atoms with Gasteiger partial charge in [0.25, 0.3) is 0 Å². The number of carbonyl (C=O) groups excluding carboxylic acids is 1. The zero-order chi connectivity index (χ0) is 18.9. The van der Waals surface area contributed by atoms with E-state index in [1.807, 2.05) is 30.3 Å². The van der Waals surface area contributed by atoms with E-state index in [1.165, 1.54) is 25.7 Å². The lowest BCUT2D eigenvalue weighted by Gasteiger charge is -2.16. The Bertz CT molecular complexity index is 458. The summed E-state index contributed by atoms with van der Waals surface area (Å²) in [6.45, 7) is 6.22. The number of carboxylic acid groups (broad SMARTS) is 1. The number of rotatable bonds is 11. The number of ether oxygens (including phenoxy) is 1. The summed E-state index contributed by atoms with van der Waals surface area (Å²) in [7, 11) is 0. The van der Waals surface area contributed by atoms with E-state index in [0.29, 0.717) is 12.8 Å². The fourth-order valence-electron chi connectivity index (χ4n) is 2.21. The van der Waals surface area contributed by atoms with Gasteiger partial charge >= 0.3 is 11.9 Å². The smallest absolute Gasteiger partial charge is 0.323 e. The summed E-state index contributed by atoms with van der Waals surface area (Å²) in [6, 6.07) is 9.14. The summed E-state index contributed by atoms with van der Waals surface area (Å²) in [5.41, 5.74) is 1.11. The number of nitrogens with one attached hydrogen (secondary N) is 1. The van der Waals surface area contributed by atoms with Crippen molar-refractivity contribution in [3.05, 3.63) is 35.9 Å². The third-order valence-electron chi connectivity index (χ3n) is 3.59. The van der Waals surface area contributed by atoms with Gasteiger partial charge in [-0.25, -0.2) is 0 Å². The molecule has 1 atom stereocenters. The molecule has 0 aromatic heterocycles. The Labute approximate surface area is 151 Å². The highest BCUT2D eigenvalue weighted by molar-refractivity contribution is 5.77. The Morgan fingerprint density at radius 3 is 2.16 bits per heavy atom. The number of aliphatic carboxylic acids is 1. The zero-order valence-corrected chi connectivity index (χ0v) is 15.8. The van der Waals surface area contributed by atoms with Gasteiger partial charge in [-0.2, -0.15) is 0 Å². The van der Waals surface area contributed by atoms with E-state index in [1.54, 1.807) is 6.92 Å². The second-order valence-corrected chi connectivity index (χ2v) is 5.81. The molecule has 0 amide bonds. The molecule has 142 valence electrons. The Morgan fingerprint density at radius 1 is 1.08 bits per heavy atom. The molecule has 1 rings (SSSR count). The third kappa shape index (κ3) is 13.1. The van der Waals surface area contributed by atoms with Crippen LogP contribution >= 0.6 is 0 Å². The van der Waals surface area contributed by atoms with Crippen molar-refractivity contribution in [3.63, 3.8) is 0 Å². The minimum absolute atomic E-state index is 0.252. The molecule has 2 N–H and O–H groups in total. The van der Waals surface area contributed by atoms with Gasteiger partial charge in [0.05, 0.1) is 13.2 Å². The van der Waals surface area contributed by atoms with Crippen LogP contribution < -0.4 is 5.32 Å². The average molecular weight is 351 g/mol. The number of unbranched alkanes of at least 4 members (excludes halogenated alkanes) is 3. The number of esters is 1. The Morgan fingerprint density at radius 2 is 1.68 bits per heavy atom. The van der Waals surface area contributed by atoms with Gasteiger partial charge in [0.15, 0.2) is 0 Å². The predicted octanol–water partition coefficient (Wildman–Crippen LogP) is 3.81. The van der Waals surface area contributed by atoms with Crippen molar-refractivity contribution in [1.29, 1.82) is 0 Å². The molecule has 0 heterocycles. The van der Waals surface area contributed by atoms with Crippen LogP contribution in [0, 0.1) is 0 Å². The van der Waals surface area contributed by atoms with E-state index in [2.05, 4.69) is 19.2 Å². The lowest BCUT2D eigenvalue weighted by atomic mass is 10.1. The number of hydrogen-bond donors (Lipinski definition) is 2. The van der Waals surface area contributed by atoms with Crippen LogP contribution in [0.3, 0.4) is 0 Å². The van der Waals surface area contributed by atoms with Crippen LogP contribution in [0.15, 0.2) is 30.3 Å². The number of carbonyl (C=O) groups is 2. The fourth-order valence-corrected chi connectivity index (χ4v) is 2.21. The summed E-state index contributed by atoms with van der Waals surface area (Å²) in [5, 5.41) is 11.3. The van der Waals surface area contributed by atoms with Gasteiger partial charge in [-0.3, -0.25) is 14.9 Å². The molecular formula is C20H33NO4. The second kappa shape index (κ2) is 15.6. The molecule has 0 aliphatic heterocycles. The van der Waals surface area contributed by atoms with Crippen molar-refractivity contribution in [2.75, 3.05) is 13.2 Å². The minimum atomic E-state index is -0.992. The molecule has 0 radical (unpaired) electrons. The summed E-state index contributed by atoms with van der Waals surface area (Å²) >= 11 is 0. The maximum absolute atomic E-state index is 11.7. The molecule has 0 unspecified atom stereocenters. The Balaban J connectivity index is 0.000000823. The lowest BCUT2D eigenvalue weighted by molar-refractivity contribution is -0.146. The van der Waals surface area contributed by atoms with E-state index < -0.39 is 18.0 Å². The predicted molar refractivity (Wildman–Crippen MR) is 101 cm³/mol. The van der Waals surface area contributed by atoms with Crippen LogP contribution in [-0.2, 0) is 20.7 Å². The standard InChI is InChI=1S/C14H19NO4.C6H14/c1-2-19-14(18)12(15-10-13(16)17)9-8-11-6-4-3-5-7-11;1-3-5-6-4-2/h3-7,12,15H,2,8-10H2,1H3,(H,16,17);3-6H2,1-2H3/t12-;/m0./s1. The molecule has 5 heteroatoms. The molecular weight excluding hydrogens is 318 g/mol. The second-order valence-electron chi connectivity index (χ2n) is 5.81. The molecule has 0 fully saturated rings. The molecule has 0 aliphatic carbocycles. The van der Waals surface area contributed by atoms with Gasteiger partial charge in [0.2, 0.25) is 0 Å². The van der Waals surface area contributed by atoms with Crippen LogP contribution in [0.25, 0.3) is 0 Å². The van der Waals surface area contributed by atoms with E-state index in [9.17, 15) is 9.59 Å². The molecule has 1 aromatic carbocycles. The first-order valence-corrected chi connectivity index (χ1v) is 9.20. The van der Waals surface area contributed by atoms with Gasteiger partial charge < -0.3 is 9.84 Å². The highest BCUT2D eigenvalue weighted by atomic mass is 16.5. The van der Waals surface area contributed by atoms with Crippen LogP contribution in [0.1, 0.15) is 58.4 Å².